The highest BCUT2D eigenvalue weighted by Gasteiger charge is 2.52. The average Bonchev–Trinajstić information content (AvgIpc) is 2.14. The fourth-order valence-corrected chi connectivity index (χ4v) is 3.25. The number of aliphatic carboxylic acids is 2. The molecule has 0 aliphatic heterocycles. The van der Waals surface area contributed by atoms with E-state index in [2.05, 4.69) is 0 Å². The number of carbonyl (C=O) groups is 2. The van der Waals surface area contributed by atoms with E-state index >= 15 is 0 Å². The van der Waals surface area contributed by atoms with Crippen molar-refractivity contribution in [2.75, 3.05) is 6.26 Å². The maximum Gasteiger partial charge on any atom is 0.336 e. The van der Waals surface area contributed by atoms with E-state index in [0.717, 1.165) is 18.4 Å². The fraction of sp³-hybridized carbons (Fsp3) is 0.333. The predicted molar refractivity (Wildman–Crippen MR) is 64.2 cm³/mol. The Morgan fingerprint density at radius 2 is 1.89 bits per heavy atom. The molecule has 0 fully saturated rings. The first-order valence-electron chi connectivity index (χ1n) is 4.46. The molecule has 0 aromatic carbocycles. The third kappa shape index (κ3) is 2.25. The van der Waals surface area contributed by atoms with Gasteiger partial charge in [-0.25, -0.2) is 13.2 Å². The molecule has 1 aliphatic carbocycles. The van der Waals surface area contributed by atoms with Gasteiger partial charge in [0.15, 0.2) is 14.0 Å². The SMILES string of the molecule is CS(=O)(=O)C1(Cl)C=CC(C(=O)O)=C(Cl)C1C(=O)O. The van der Waals surface area contributed by atoms with Crippen molar-refractivity contribution in [3.05, 3.63) is 22.8 Å². The van der Waals surface area contributed by atoms with Crippen LogP contribution in [0.4, 0.5) is 0 Å². The van der Waals surface area contributed by atoms with E-state index in [1.54, 1.807) is 0 Å². The normalized spacial score (nSPS) is 28.3. The van der Waals surface area contributed by atoms with Gasteiger partial charge in [0.05, 0.1) is 10.6 Å². The van der Waals surface area contributed by atoms with E-state index in [4.69, 9.17) is 33.4 Å². The summed E-state index contributed by atoms with van der Waals surface area (Å²) in [4.78, 5) is 21.9. The number of sulfone groups is 1. The van der Waals surface area contributed by atoms with E-state index in [9.17, 15) is 18.0 Å². The number of alkyl halides is 1. The van der Waals surface area contributed by atoms with E-state index in [1.165, 1.54) is 0 Å². The summed E-state index contributed by atoms with van der Waals surface area (Å²) in [6.07, 6.45) is 2.45. The van der Waals surface area contributed by atoms with Crippen LogP contribution in [-0.2, 0) is 19.4 Å². The molecule has 6 nitrogen and oxygen atoms in total. The monoisotopic (exact) mass is 314 g/mol. The Bertz CT molecular complexity index is 576. The number of hydrogen-bond donors (Lipinski definition) is 2. The van der Waals surface area contributed by atoms with Crippen LogP contribution in [0.15, 0.2) is 22.8 Å². The Hall–Kier alpha value is -1.05. The van der Waals surface area contributed by atoms with Gasteiger partial charge in [-0.2, -0.15) is 0 Å². The summed E-state index contributed by atoms with van der Waals surface area (Å²) in [5.74, 6) is -4.95. The van der Waals surface area contributed by atoms with Gasteiger partial charge in [0.1, 0.15) is 5.92 Å². The highest BCUT2D eigenvalue weighted by molar-refractivity contribution is 7.93. The first-order chi connectivity index (χ1) is 8.02. The number of hydrogen-bond acceptors (Lipinski definition) is 4. The molecule has 0 amide bonds. The zero-order chi connectivity index (χ0) is 14.3. The Kier molecular flexibility index (Phi) is 3.81. The highest BCUT2D eigenvalue weighted by Crippen LogP contribution is 2.43. The topological polar surface area (TPSA) is 109 Å². The van der Waals surface area contributed by atoms with Crippen LogP contribution in [0, 0.1) is 5.92 Å². The lowest BCUT2D eigenvalue weighted by atomic mass is 9.94. The van der Waals surface area contributed by atoms with Gasteiger partial charge in [-0.3, -0.25) is 4.79 Å². The van der Waals surface area contributed by atoms with Gasteiger partial charge in [-0.15, -0.1) is 0 Å². The standard InChI is InChI=1S/C9H8Cl2O6S/c1-18(16,17)9(11)3-2-4(7(12)13)6(10)5(9)8(14)15/h2-3,5H,1H3,(H,12,13)(H,14,15). The van der Waals surface area contributed by atoms with Crippen LogP contribution in [0.5, 0.6) is 0 Å². The van der Waals surface area contributed by atoms with Crippen molar-refractivity contribution in [2.24, 2.45) is 5.92 Å². The highest BCUT2D eigenvalue weighted by atomic mass is 35.5. The maximum atomic E-state index is 11.6. The number of rotatable bonds is 3. The zero-order valence-corrected chi connectivity index (χ0v) is 11.3. The summed E-state index contributed by atoms with van der Waals surface area (Å²) in [7, 11) is -4.02. The molecule has 0 saturated carbocycles. The van der Waals surface area contributed by atoms with Crippen LogP contribution in [-0.4, -0.2) is 41.0 Å². The number of carboxylic acid groups (broad SMARTS) is 2. The van der Waals surface area contributed by atoms with Crippen LogP contribution in [0.25, 0.3) is 0 Å². The molecule has 100 valence electrons. The minimum atomic E-state index is -4.02. The molecule has 0 saturated heterocycles. The van der Waals surface area contributed by atoms with Gasteiger partial charge in [-0.05, 0) is 12.2 Å². The van der Waals surface area contributed by atoms with Crippen molar-refractivity contribution in [1.82, 2.24) is 0 Å². The first kappa shape index (κ1) is 15.0. The van der Waals surface area contributed by atoms with Crippen molar-refractivity contribution in [3.8, 4) is 0 Å². The molecular formula is C9H8Cl2O6S. The lowest BCUT2D eigenvalue weighted by molar-refractivity contribution is -0.140. The number of halogens is 2. The minimum absolute atomic E-state index is 0.496. The van der Waals surface area contributed by atoms with Crippen LogP contribution in [0.1, 0.15) is 0 Å². The number of carboxylic acids is 2. The van der Waals surface area contributed by atoms with Crippen molar-refractivity contribution < 1.29 is 28.2 Å². The largest absolute Gasteiger partial charge is 0.481 e. The van der Waals surface area contributed by atoms with Crippen molar-refractivity contribution in [2.45, 2.75) is 4.21 Å². The van der Waals surface area contributed by atoms with Crippen molar-refractivity contribution in [3.63, 3.8) is 0 Å². The predicted octanol–water partition coefficient (Wildman–Crippen LogP) is 0.814. The average molecular weight is 315 g/mol. The van der Waals surface area contributed by atoms with E-state index in [0.29, 0.717) is 0 Å². The Balaban J connectivity index is 3.55. The lowest BCUT2D eigenvalue weighted by Crippen LogP contribution is -2.44. The molecule has 2 unspecified atom stereocenters. The zero-order valence-electron chi connectivity index (χ0n) is 8.92. The van der Waals surface area contributed by atoms with Gasteiger partial charge in [0.25, 0.3) is 0 Å². The summed E-state index contributed by atoms with van der Waals surface area (Å²) < 4.78 is 20.8. The smallest absolute Gasteiger partial charge is 0.336 e. The molecule has 0 bridgehead atoms. The molecule has 18 heavy (non-hydrogen) atoms. The van der Waals surface area contributed by atoms with Crippen LogP contribution >= 0.6 is 23.2 Å². The second kappa shape index (κ2) is 4.56. The Labute approximate surface area is 112 Å². The fourth-order valence-electron chi connectivity index (χ4n) is 1.49. The Morgan fingerprint density at radius 1 is 1.39 bits per heavy atom. The van der Waals surface area contributed by atoms with E-state index in [1.807, 2.05) is 0 Å². The summed E-state index contributed by atoms with van der Waals surface area (Å²) in [6, 6.07) is 0. The molecule has 0 radical (unpaired) electrons. The second-order valence-electron chi connectivity index (χ2n) is 3.64. The molecule has 9 heteroatoms. The molecule has 1 aliphatic rings. The lowest BCUT2D eigenvalue weighted by Gasteiger charge is -2.31. The molecule has 1 rings (SSSR count). The van der Waals surface area contributed by atoms with Crippen LogP contribution in [0.3, 0.4) is 0 Å². The first-order valence-corrected chi connectivity index (χ1v) is 7.10. The molecule has 0 aromatic heterocycles. The summed E-state index contributed by atoms with van der Waals surface area (Å²) in [6.45, 7) is 0. The van der Waals surface area contributed by atoms with Gasteiger partial charge < -0.3 is 10.2 Å². The van der Waals surface area contributed by atoms with Gasteiger partial charge in [0, 0.05) is 6.26 Å². The van der Waals surface area contributed by atoms with Gasteiger partial charge in [0.2, 0.25) is 0 Å². The van der Waals surface area contributed by atoms with Crippen molar-refractivity contribution >= 4 is 45.0 Å². The van der Waals surface area contributed by atoms with Gasteiger partial charge in [-0.1, -0.05) is 23.2 Å². The summed E-state index contributed by atoms with van der Waals surface area (Å²) >= 11 is 11.5. The van der Waals surface area contributed by atoms with Gasteiger partial charge >= 0.3 is 11.9 Å². The van der Waals surface area contributed by atoms with Crippen molar-refractivity contribution in [1.29, 1.82) is 0 Å². The van der Waals surface area contributed by atoms with E-state index < -0.39 is 42.5 Å². The molecule has 2 atom stereocenters. The molecule has 0 heterocycles. The summed E-state index contributed by atoms with van der Waals surface area (Å²) in [5.41, 5.74) is -0.496. The van der Waals surface area contributed by atoms with Crippen LogP contribution < -0.4 is 0 Å². The molecule has 0 spiro atoms. The third-order valence-electron chi connectivity index (χ3n) is 2.43. The second-order valence-corrected chi connectivity index (χ2v) is 7.12. The molecular weight excluding hydrogens is 307 g/mol. The molecule has 2 N–H and O–H groups in total. The van der Waals surface area contributed by atoms with Crippen LogP contribution in [0.2, 0.25) is 0 Å². The Morgan fingerprint density at radius 3 is 2.22 bits per heavy atom. The molecule has 0 aromatic rings. The van der Waals surface area contributed by atoms with E-state index in [-0.39, 0.29) is 0 Å². The quantitative estimate of drug-likeness (QED) is 0.746. The third-order valence-corrected chi connectivity index (χ3v) is 5.54. The maximum absolute atomic E-state index is 11.6. The minimum Gasteiger partial charge on any atom is -0.481 e. The summed E-state index contributed by atoms with van der Waals surface area (Å²) in [5, 5.41) is 17.2.